The number of thiocarbonyl (C=S) groups is 1. The molecule has 0 saturated carbocycles. The molecular formula is C19H12ClNO3S2. The summed E-state index contributed by atoms with van der Waals surface area (Å²) in [5, 5.41) is 0.667. The van der Waals surface area contributed by atoms with Crippen LogP contribution in [0.5, 0.6) is 0 Å². The summed E-state index contributed by atoms with van der Waals surface area (Å²) in [6.45, 7) is 0.323. The van der Waals surface area contributed by atoms with Gasteiger partial charge in [0, 0.05) is 16.7 Å². The average molecular weight is 402 g/mol. The number of rotatable bonds is 4. The third-order valence-electron chi connectivity index (χ3n) is 3.80. The second-order valence-electron chi connectivity index (χ2n) is 5.56. The van der Waals surface area contributed by atoms with E-state index in [4.69, 9.17) is 32.7 Å². The first-order valence-corrected chi connectivity index (χ1v) is 9.34. The SMILES string of the molecule is O=C1/C(=C/c2ccc(-c3ccc(Cl)cc3)o2)SC(=S)N1Cc1ccco1. The lowest BCUT2D eigenvalue weighted by atomic mass is 10.2. The summed E-state index contributed by atoms with van der Waals surface area (Å²) in [5.74, 6) is 1.83. The molecule has 1 aliphatic rings. The zero-order valence-electron chi connectivity index (χ0n) is 13.3. The molecule has 130 valence electrons. The van der Waals surface area contributed by atoms with Crippen molar-refractivity contribution >= 4 is 51.9 Å². The van der Waals surface area contributed by atoms with Crippen molar-refractivity contribution in [3.8, 4) is 11.3 Å². The summed E-state index contributed by atoms with van der Waals surface area (Å²) in [5.41, 5.74) is 0.916. The van der Waals surface area contributed by atoms with Crippen LogP contribution in [-0.4, -0.2) is 15.1 Å². The lowest BCUT2D eigenvalue weighted by Crippen LogP contribution is -2.27. The van der Waals surface area contributed by atoms with Crippen molar-refractivity contribution in [2.24, 2.45) is 0 Å². The maximum atomic E-state index is 12.6. The van der Waals surface area contributed by atoms with Crippen LogP contribution in [0.4, 0.5) is 0 Å². The predicted molar refractivity (Wildman–Crippen MR) is 107 cm³/mol. The van der Waals surface area contributed by atoms with E-state index in [2.05, 4.69) is 0 Å². The molecule has 0 atom stereocenters. The van der Waals surface area contributed by atoms with E-state index in [9.17, 15) is 4.79 Å². The van der Waals surface area contributed by atoms with Crippen LogP contribution >= 0.6 is 35.6 Å². The molecule has 1 fully saturated rings. The highest BCUT2D eigenvalue weighted by molar-refractivity contribution is 8.26. The molecule has 0 N–H and O–H groups in total. The van der Waals surface area contributed by atoms with Gasteiger partial charge in [0.25, 0.3) is 5.91 Å². The fraction of sp³-hybridized carbons (Fsp3) is 0.0526. The van der Waals surface area contributed by atoms with Crippen LogP contribution in [0.2, 0.25) is 5.02 Å². The van der Waals surface area contributed by atoms with E-state index in [0.717, 1.165) is 5.56 Å². The van der Waals surface area contributed by atoms with Crippen LogP contribution in [0.3, 0.4) is 0 Å². The third kappa shape index (κ3) is 3.49. The van der Waals surface area contributed by atoms with Crippen molar-refractivity contribution in [3.05, 3.63) is 76.2 Å². The summed E-state index contributed by atoms with van der Waals surface area (Å²) >= 11 is 12.5. The van der Waals surface area contributed by atoms with E-state index in [-0.39, 0.29) is 5.91 Å². The highest BCUT2D eigenvalue weighted by Crippen LogP contribution is 2.34. The van der Waals surface area contributed by atoms with Gasteiger partial charge in [0.15, 0.2) is 0 Å². The first-order valence-electron chi connectivity index (χ1n) is 7.74. The minimum Gasteiger partial charge on any atom is -0.467 e. The number of carbonyl (C=O) groups excluding carboxylic acids is 1. The van der Waals surface area contributed by atoms with E-state index in [0.29, 0.717) is 38.1 Å². The van der Waals surface area contributed by atoms with Crippen molar-refractivity contribution < 1.29 is 13.6 Å². The molecule has 1 saturated heterocycles. The van der Waals surface area contributed by atoms with Crippen LogP contribution in [0.15, 0.2) is 68.5 Å². The standard InChI is InChI=1S/C19H12ClNO3S2/c20-13-5-3-12(4-6-13)16-8-7-14(24-16)10-17-18(22)21(19(25)26-17)11-15-2-1-9-23-15/h1-10H,11H2/b17-10-. The molecule has 1 aliphatic heterocycles. The van der Waals surface area contributed by atoms with Crippen molar-refractivity contribution in [1.82, 2.24) is 4.90 Å². The predicted octanol–water partition coefficient (Wildman–Crippen LogP) is 5.59. The number of hydrogen-bond acceptors (Lipinski definition) is 5. The van der Waals surface area contributed by atoms with Gasteiger partial charge in [0.2, 0.25) is 0 Å². The van der Waals surface area contributed by atoms with Crippen LogP contribution in [0.1, 0.15) is 11.5 Å². The highest BCUT2D eigenvalue weighted by atomic mass is 35.5. The summed E-state index contributed by atoms with van der Waals surface area (Å²) < 4.78 is 11.6. The first kappa shape index (κ1) is 17.1. The van der Waals surface area contributed by atoms with Crippen LogP contribution in [0, 0.1) is 0 Å². The van der Waals surface area contributed by atoms with Crippen LogP contribution in [-0.2, 0) is 11.3 Å². The van der Waals surface area contributed by atoms with Gasteiger partial charge in [-0.05, 0) is 48.5 Å². The second kappa shape index (κ2) is 7.15. The van der Waals surface area contributed by atoms with Gasteiger partial charge in [-0.25, -0.2) is 0 Å². The topological polar surface area (TPSA) is 46.6 Å². The molecule has 3 aromatic rings. The molecule has 0 unspecified atom stereocenters. The molecule has 0 spiro atoms. The fourth-order valence-corrected chi connectivity index (χ4v) is 3.88. The zero-order valence-corrected chi connectivity index (χ0v) is 15.7. The van der Waals surface area contributed by atoms with E-state index in [1.54, 1.807) is 30.5 Å². The quantitative estimate of drug-likeness (QED) is 0.421. The molecule has 1 amide bonds. The summed E-state index contributed by atoms with van der Waals surface area (Å²) in [6.07, 6.45) is 3.28. The van der Waals surface area contributed by atoms with Crippen LogP contribution in [0.25, 0.3) is 17.4 Å². The molecular weight excluding hydrogens is 390 g/mol. The van der Waals surface area contributed by atoms with Gasteiger partial charge in [0.05, 0.1) is 17.7 Å². The van der Waals surface area contributed by atoms with Crippen molar-refractivity contribution in [2.45, 2.75) is 6.54 Å². The van der Waals surface area contributed by atoms with Gasteiger partial charge in [0.1, 0.15) is 21.6 Å². The fourth-order valence-electron chi connectivity index (χ4n) is 2.52. The number of furan rings is 2. The molecule has 3 heterocycles. The number of amides is 1. The normalized spacial score (nSPS) is 16.0. The molecule has 4 rings (SSSR count). The Kier molecular flexibility index (Phi) is 4.72. The van der Waals surface area contributed by atoms with Gasteiger partial charge < -0.3 is 8.83 Å². The molecule has 0 radical (unpaired) electrons. The highest BCUT2D eigenvalue weighted by Gasteiger charge is 2.32. The number of hydrogen-bond donors (Lipinski definition) is 0. The third-order valence-corrected chi connectivity index (χ3v) is 5.43. The number of benzene rings is 1. The van der Waals surface area contributed by atoms with Crippen molar-refractivity contribution in [2.75, 3.05) is 0 Å². The van der Waals surface area contributed by atoms with Gasteiger partial charge in [-0.3, -0.25) is 9.69 Å². The van der Waals surface area contributed by atoms with Gasteiger partial charge in [-0.2, -0.15) is 0 Å². The van der Waals surface area contributed by atoms with Crippen molar-refractivity contribution in [3.63, 3.8) is 0 Å². The summed E-state index contributed by atoms with van der Waals surface area (Å²) in [7, 11) is 0. The first-order chi connectivity index (χ1) is 12.6. The Morgan fingerprint density at radius 1 is 1.15 bits per heavy atom. The molecule has 7 heteroatoms. The van der Waals surface area contributed by atoms with E-state index >= 15 is 0 Å². The number of halogens is 1. The van der Waals surface area contributed by atoms with E-state index in [1.165, 1.54) is 16.7 Å². The monoisotopic (exact) mass is 401 g/mol. The van der Waals surface area contributed by atoms with Gasteiger partial charge >= 0.3 is 0 Å². The Hall–Kier alpha value is -2.28. The molecule has 1 aromatic carbocycles. The Balaban J connectivity index is 1.54. The largest absolute Gasteiger partial charge is 0.467 e. The van der Waals surface area contributed by atoms with E-state index < -0.39 is 0 Å². The number of nitrogens with zero attached hydrogens (tertiary/aromatic N) is 1. The zero-order chi connectivity index (χ0) is 18.1. The number of thioether (sulfide) groups is 1. The summed E-state index contributed by atoms with van der Waals surface area (Å²) in [4.78, 5) is 14.7. The van der Waals surface area contributed by atoms with Crippen molar-refractivity contribution in [1.29, 1.82) is 0 Å². The Morgan fingerprint density at radius 2 is 1.96 bits per heavy atom. The minimum absolute atomic E-state index is 0.152. The molecule has 4 nitrogen and oxygen atoms in total. The lowest BCUT2D eigenvalue weighted by molar-refractivity contribution is -0.122. The average Bonchev–Trinajstić information content (AvgIpc) is 3.35. The van der Waals surface area contributed by atoms with Crippen LogP contribution < -0.4 is 0 Å². The molecule has 0 aliphatic carbocycles. The molecule has 0 bridgehead atoms. The van der Waals surface area contributed by atoms with Gasteiger partial charge in [-0.15, -0.1) is 0 Å². The number of carbonyl (C=O) groups is 1. The Morgan fingerprint density at radius 3 is 2.69 bits per heavy atom. The Bertz CT molecular complexity index is 990. The Labute approximate surface area is 164 Å². The molecule has 26 heavy (non-hydrogen) atoms. The molecule has 2 aromatic heterocycles. The lowest BCUT2D eigenvalue weighted by Gasteiger charge is -2.11. The summed E-state index contributed by atoms with van der Waals surface area (Å²) in [6, 6.07) is 14.7. The minimum atomic E-state index is -0.152. The second-order valence-corrected chi connectivity index (χ2v) is 7.67. The van der Waals surface area contributed by atoms with Gasteiger partial charge in [-0.1, -0.05) is 35.6 Å². The maximum Gasteiger partial charge on any atom is 0.266 e. The smallest absolute Gasteiger partial charge is 0.266 e. The van der Waals surface area contributed by atoms with E-state index in [1.807, 2.05) is 30.3 Å². The maximum absolute atomic E-state index is 12.6.